The number of aliphatic hydroxyl groups excluding tert-OH is 1. The molecule has 0 radical (unpaired) electrons. The molecule has 0 aliphatic carbocycles. The lowest BCUT2D eigenvalue weighted by molar-refractivity contribution is 0.102. The van der Waals surface area contributed by atoms with Crippen molar-refractivity contribution in [2.24, 2.45) is 0 Å². The minimum atomic E-state index is -0.302. The molecule has 1 amide bonds. The maximum Gasteiger partial charge on any atom is 0.274 e. The molecular weight excluding hydrogens is 286 g/mol. The number of nitrogens with zero attached hydrogens (tertiary/aromatic N) is 5. The van der Waals surface area contributed by atoms with Crippen molar-refractivity contribution >= 4 is 23.1 Å². The Balaban J connectivity index is 1.84. The molecule has 0 spiro atoms. The van der Waals surface area contributed by atoms with Gasteiger partial charge in [-0.05, 0) is 12.1 Å². The van der Waals surface area contributed by atoms with Crippen LogP contribution in [0.25, 0.3) is 5.52 Å². The molecule has 22 heavy (non-hydrogen) atoms. The summed E-state index contributed by atoms with van der Waals surface area (Å²) in [5.74, 6) is 0.123. The quantitative estimate of drug-likeness (QED) is 0.621. The minimum Gasteiger partial charge on any atom is -0.394 e. The second-order valence-electron chi connectivity index (χ2n) is 4.56. The predicted molar refractivity (Wildman–Crippen MR) is 79.8 cm³/mol. The van der Waals surface area contributed by atoms with Crippen molar-refractivity contribution in [3.63, 3.8) is 0 Å². The molecule has 3 rings (SSSR count). The number of hydrogen-bond acceptors (Lipinski definition) is 6. The van der Waals surface area contributed by atoms with Gasteiger partial charge in [0.05, 0.1) is 36.7 Å². The normalized spacial score (nSPS) is 10.8. The van der Waals surface area contributed by atoms with Crippen LogP contribution in [0.1, 0.15) is 10.5 Å². The fraction of sp³-hybridized carbons (Fsp3) is 0.231. The molecule has 114 valence electrons. The van der Waals surface area contributed by atoms with Crippen molar-refractivity contribution in [2.45, 2.75) is 6.54 Å². The molecule has 0 atom stereocenters. The largest absolute Gasteiger partial charge is 0.394 e. The number of anilines is 2. The number of fused-ring (bicyclic) bond motifs is 1. The van der Waals surface area contributed by atoms with Crippen LogP contribution in [0.5, 0.6) is 0 Å². The summed E-state index contributed by atoms with van der Waals surface area (Å²) in [6.07, 6.45) is 4.81. The summed E-state index contributed by atoms with van der Waals surface area (Å²) >= 11 is 0. The molecule has 9 nitrogen and oxygen atoms in total. The molecule has 3 heterocycles. The van der Waals surface area contributed by atoms with Crippen LogP contribution in [-0.2, 0) is 6.54 Å². The molecular formula is C13H15N7O2. The molecule has 3 aromatic heterocycles. The Morgan fingerprint density at radius 2 is 2.23 bits per heavy atom. The topological polar surface area (TPSA) is 109 Å². The van der Waals surface area contributed by atoms with Gasteiger partial charge in [-0.2, -0.15) is 5.10 Å². The van der Waals surface area contributed by atoms with E-state index in [9.17, 15) is 4.79 Å². The van der Waals surface area contributed by atoms with E-state index in [0.29, 0.717) is 23.9 Å². The third-order valence-corrected chi connectivity index (χ3v) is 3.08. The van der Waals surface area contributed by atoms with E-state index >= 15 is 0 Å². The number of carbonyl (C=O) groups excluding carboxylic acids is 1. The first-order chi connectivity index (χ1) is 10.7. The van der Waals surface area contributed by atoms with E-state index in [1.54, 1.807) is 36.3 Å². The van der Waals surface area contributed by atoms with Crippen LogP contribution >= 0.6 is 0 Å². The average Bonchev–Trinajstić information content (AvgIpc) is 3.13. The summed E-state index contributed by atoms with van der Waals surface area (Å²) in [4.78, 5) is 16.5. The highest BCUT2D eigenvalue weighted by molar-refractivity contribution is 6.03. The molecule has 0 aliphatic rings. The highest BCUT2D eigenvalue weighted by atomic mass is 16.3. The van der Waals surface area contributed by atoms with Crippen LogP contribution in [0.15, 0.2) is 30.7 Å². The van der Waals surface area contributed by atoms with E-state index in [0.717, 1.165) is 5.52 Å². The standard InChI is InChI=1S/C13H15N7O2/c1-14-13-15-7-10-2-3-11(20(10)18-13)12(22)17-9-6-16-19(8-9)4-5-21/h2-3,6-8,21H,4-5H2,1H3,(H,14,18)(H,17,22). The molecule has 9 heteroatoms. The Labute approximate surface area is 125 Å². The summed E-state index contributed by atoms with van der Waals surface area (Å²) in [7, 11) is 1.71. The summed E-state index contributed by atoms with van der Waals surface area (Å²) in [6.45, 7) is 0.366. The molecule has 0 bridgehead atoms. The third kappa shape index (κ3) is 2.61. The lowest BCUT2D eigenvalue weighted by atomic mass is 10.4. The first-order valence-corrected chi connectivity index (χ1v) is 6.68. The zero-order chi connectivity index (χ0) is 15.5. The Morgan fingerprint density at radius 1 is 1.36 bits per heavy atom. The first kappa shape index (κ1) is 14.0. The van der Waals surface area contributed by atoms with Crippen molar-refractivity contribution in [3.05, 3.63) is 36.4 Å². The van der Waals surface area contributed by atoms with E-state index < -0.39 is 0 Å². The summed E-state index contributed by atoms with van der Waals surface area (Å²) in [5, 5.41) is 22.7. The van der Waals surface area contributed by atoms with Crippen molar-refractivity contribution in [3.8, 4) is 0 Å². The molecule has 0 unspecified atom stereocenters. The van der Waals surface area contributed by atoms with E-state index in [2.05, 4.69) is 25.8 Å². The van der Waals surface area contributed by atoms with Crippen LogP contribution in [0.2, 0.25) is 0 Å². The van der Waals surface area contributed by atoms with Gasteiger partial charge in [0.25, 0.3) is 5.91 Å². The number of hydrogen-bond donors (Lipinski definition) is 3. The Bertz CT molecular complexity index is 808. The fourth-order valence-electron chi connectivity index (χ4n) is 2.04. The Kier molecular flexibility index (Phi) is 3.71. The van der Waals surface area contributed by atoms with Crippen molar-refractivity contribution in [1.82, 2.24) is 24.4 Å². The van der Waals surface area contributed by atoms with Gasteiger partial charge in [-0.25, -0.2) is 9.50 Å². The zero-order valence-corrected chi connectivity index (χ0v) is 11.9. The Morgan fingerprint density at radius 3 is 3.00 bits per heavy atom. The van der Waals surface area contributed by atoms with E-state index in [1.807, 2.05) is 0 Å². The maximum absolute atomic E-state index is 12.4. The number of rotatable bonds is 5. The van der Waals surface area contributed by atoms with Gasteiger partial charge in [0, 0.05) is 13.2 Å². The molecule has 0 fully saturated rings. The molecule has 3 N–H and O–H groups in total. The molecule has 0 aliphatic heterocycles. The Hall–Kier alpha value is -2.94. The van der Waals surface area contributed by atoms with Gasteiger partial charge in [-0.3, -0.25) is 9.48 Å². The second kappa shape index (κ2) is 5.82. The van der Waals surface area contributed by atoms with Gasteiger partial charge >= 0.3 is 0 Å². The van der Waals surface area contributed by atoms with Gasteiger partial charge in [0.2, 0.25) is 5.95 Å². The molecule has 0 aromatic carbocycles. The maximum atomic E-state index is 12.4. The predicted octanol–water partition coefficient (Wildman–Crippen LogP) is 0.212. The average molecular weight is 301 g/mol. The van der Waals surface area contributed by atoms with E-state index in [1.165, 1.54) is 10.7 Å². The van der Waals surface area contributed by atoms with Crippen LogP contribution in [0.3, 0.4) is 0 Å². The van der Waals surface area contributed by atoms with Crippen LogP contribution in [-0.4, -0.2) is 49.0 Å². The number of nitrogens with one attached hydrogen (secondary N) is 2. The lowest BCUT2D eigenvalue weighted by Gasteiger charge is -2.04. The lowest BCUT2D eigenvalue weighted by Crippen LogP contribution is -2.15. The minimum absolute atomic E-state index is 0.0118. The highest BCUT2D eigenvalue weighted by Gasteiger charge is 2.13. The van der Waals surface area contributed by atoms with Gasteiger partial charge in [0.15, 0.2) is 0 Å². The van der Waals surface area contributed by atoms with Crippen molar-refractivity contribution in [1.29, 1.82) is 0 Å². The van der Waals surface area contributed by atoms with Crippen LogP contribution < -0.4 is 10.6 Å². The smallest absolute Gasteiger partial charge is 0.274 e. The zero-order valence-electron chi connectivity index (χ0n) is 11.9. The summed E-state index contributed by atoms with van der Waals surface area (Å²) in [5.41, 5.74) is 1.67. The SMILES string of the molecule is CNc1ncc2ccc(C(=O)Nc3cnn(CCO)c3)n2n1. The summed E-state index contributed by atoms with van der Waals surface area (Å²) in [6, 6.07) is 3.44. The first-order valence-electron chi connectivity index (χ1n) is 6.68. The van der Waals surface area contributed by atoms with Gasteiger partial charge in [0.1, 0.15) is 5.69 Å². The van der Waals surface area contributed by atoms with E-state index in [-0.39, 0.29) is 12.5 Å². The van der Waals surface area contributed by atoms with Crippen molar-refractivity contribution < 1.29 is 9.90 Å². The van der Waals surface area contributed by atoms with Gasteiger partial charge in [-0.15, -0.1) is 5.10 Å². The second-order valence-corrected chi connectivity index (χ2v) is 4.56. The third-order valence-electron chi connectivity index (χ3n) is 3.08. The molecule has 0 saturated heterocycles. The number of aliphatic hydroxyl groups is 1. The number of amides is 1. The number of aromatic nitrogens is 5. The van der Waals surface area contributed by atoms with Crippen molar-refractivity contribution in [2.75, 3.05) is 24.3 Å². The number of carbonyl (C=O) groups is 1. The van der Waals surface area contributed by atoms with Gasteiger partial charge in [-0.1, -0.05) is 0 Å². The van der Waals surface area contributed by atoms with Crippen LogP contribution in [0, 0.1) is 0 Å². The monoisotopic (exact) mass is 301 g/mol. The highest BCUT2D eigenvalue weighted by Crippen LogP contribution is 2.12. The molecule has 0 saturated carbocycles. The summed E-state index contributed by atoms with van der Waals surface area (Å²) < 4.78 is 3.07. The molecule has 3 aromatic rings. The van der Waals surface area contributed by atoms with Gasteiger partial charge < -0.3 is 15.7 Å². The van der Waals surface area contributed by atoms with E-state index in [4.69, 9.17) is 5.11 Å². The fourth-order valence-corrected chi connectivity index (χ4v) is 2.04. The van der Waals surface area contributed by atoms with Crippen LogP contribution in [0.4, 0.5) is 11.6 Å².